The van der Waals surface area contributed by atoms with Gasteiger partial charge in [0.25, 0.3) is 0 Å². The molecule has 12 rings (SSSR count). The summed E-state index contributed by atoms with van der Waals surface area (Å²) in [7, 11) is -3.35. The highest BCUT2D eigenvalue weighted by atomic mass is 28.3. The smallest absolute Gasteiger partial charge is 0.186 e. The summed E-state index contributed by atoms with van der Waals surface area (Å²) in [4.78, 5) is 0. The van der Waals surface area contributed by atoms with Gasteiger partial charge in [-0.15, -0.1) is 0 Å². The van der Waals surface area contributed by atoms with Gasteiger partial charge >= 0.3 is 0 Å². The first-order valence-corrected chi connectivity index (χ1v) is 23.9. The van der Waals surface area contributed by atoms with Crippen molar-refractivity contribution in [1.82, 2.24) is 4.57 Å². The Morgan fingerprint density at radius 3 is 1.17 bits per heavy atom. The van der Waals surface area contributed by atoms with Crippen molar-refractivity contribution in [2.45, 2.75) is 10.8 Å². The molecule has 0 N–H and O–H groups in total. The van der Waals surface area contributed by atoms with Gasteiger partial charge in [-0.25, -0.2) is 0 Å². The Labute approximate surface area is 370 Å². The average molecular weight is 822 g/mol. The molecule has 63 heavy (non-hydrogen) atoms. The van der Waals surface area contributed by atoms with Crippen LogP contribution in [0.3, 0.4) is 0 Å². The normalized spacial score (nSPS) is 14.9. The molecule has 0 saturated carbocycles. The quantitative estimate of drug-likeness (QED) is 0.146. The van der Waals surface area contributed by atoms with Crippen molar-refractivity contribution < 1.29 is 4.74 Å². The number of fused-ring (bicyclic) bond motifs is 5. The van der Waals surface area contributed by atoms with Crippen LogP contribution in [-0.4, -0.2) is 12.6 Å². The molecule has 3 heterocycles. The summed E-state index contributed by atoms with van der Waals surface area (Å²) in [6.07, 6.45) is 0. The van der Waals surface area contributed by atoms with E-state index in [1.807, 2.05) is 0 Å². The summed E-state index contributed by atoms with van der Waals surface area (Å²) >= 11 is 0. The molecule has 0 spiro atoms. The van der Waals surface area contributed by atoms with Crippen LogP contribution in [0, 0.1) is 0 Å². The van der Waals surface area contributed by atoms with Crippen molar-refractivity contribution in [1.29, 1.82) is 0 Å². The summed E-state index contributed by atoms with van der Waals surface area (Å²) in [5.74, 6) is 1.78. The lowest BCUT2D eigenvalue weighted by Gasteiger charge is -2.49. The Bertz CT molecular complexity index is 3100. The minimum absolute atomic E-state index is 0.809. The largest absolute Gasteiger partial charge is 0.455 e. The topological polar surface area (TPSA) is 14.2 Å². The van der Waals surface area contributed by atoms with Crippen molar-refractivity contribution in [3.8, 4) is 17.2 Å². The van der Waals surface area contributed by atoms with E-state index >= 15 is 0 Å². The lowest BCUT2D eigenvalue weighted by atomic mass is 9.65. The second-order valence-electron chi connectivity index (χ2n) is 16.7. The number of aromatic nitrogens is 1. The number of hydrogen-bond acceptors (Lipinski definition) is 1. The summed E-state index contributed by atoms with van der Waals surface area (Å²) in [6, 6.07) is 96.6. The first kappa shape index (κ1) is 37.1. The van der Waals surface area contributed by atoms with Crippen LogP contribution >= 0.6 is 0 Å². The molecule has 9 aromatic carbocycles. The van der Waals surface area contributed by atoms with Gasteiger partial charge in [0.15, 0.2) is 13.8 Å². The fourth-order valence-corrected chi connectivity index (χ4v) is 16.8. The molecule has 1 aromatic heterocycles. The van der Waals surface area contributed by atoms with Crippen molar-refractivity contribution in [3.05, 3.63) is 306 Å². The first-order chi connectivity index (χ1) is 31.3. The number of para-hydroxylation sites is 2. The fourth-order valence-electron chi connectivity index (χ4n) is 11.4. The van der Waals surface area contributed by atoms with Crippen LogP contribution in [0.4, 0.5) is 0 Å². The van der Waals surface area contributed by atoms with Gasteiger partial charge < -0.3 is 9.30 Å². The number of rotatable bonds is 7. The van der Waals surface area contributed by atoms with E-state index in [-0.39, 0.29) is 0 Å². The molecule has 0 amide bonds. The molecule has 3 heteroatoms. The van der Waals surface area contributed by atoms with Gasteiger partial charge in [-0.05, 0) is 61.6 Å². The number of benzene rings is 9. The van der Waals surface area contributed by atoms with E-state index in [1.54, 1.807) is 0 Å². The van der Waals surface area contributed by atoms with Crippen LogP contribution in [-0.2, 0) is 10.8 Å². The summed E-state index contributed by atoms with van der Waals surface area (Å²) in [5, 5.41) is 5.22. The molecule has 0 saturated heterocycles. The van der Waals surface area contributed by atoms with Crippen LogP contribution in [0.1, 0.15) is 44.8 Å². The molecular weight excluding hydrogens is 779 g/mol. The van der Waals surface area contributed by atoms with Gasteiger partial charge in [0.2, 0.25) is 0 Å². The van der Waals surface area contributed by atoms with Gasteiger partial charge in [0, 0.05) is 22.1 Å². The third-order valence-electron chi connectivity index (χ3n) is 13.7. The summed E-state index contributed by atoms with van der Waals surface area (Å²) in [5.41, 5.74) is 8.89. The number of ether oxygens (including phenoxy) is 1. The zero-order chi connectivity index (χ0) is 41.9. The molecule has 2 nitrogen and oxygen atoms in total. The lowest BCUT2D eigenvalue weighted by Crippen LogP contribution is -2.79. The Balaban J connectivity index is 1.44. The number of hydrogen-bond donors (Lipinski definition) is 0. The fraction of sp³-hybridized carbons (Fsp3) is 0.0333. The van der Waals surface area contributed by atoms with Crippen LogP contribution in [0.15, 0.2) is 261 Å². The van der Waals surface area contributed by atoms with E-state index in [1.165, 1.54) is 54.3 Å². The Kier molecular flexibility index (Phi) is 8.67. The number of nitrogens with zero attached hydrogens (tertiary/aromatic N) is 1. The molecule has 0 atom stereocenters. The van der Waals surface area contributed by atoms with Crippen molar-refractivity contribution in [2.75, 3.05) is 0 Å². The molecule has 0 fully saturated rings. The Morgan fingerprint density at radius 1 is 0.333 bits per heavy atom. The monoisotopic (exact) mass is 821 g/mol. The highest BCUT2D eigenvalue weighted by molar-refractivity contribution is 7.21. The Morgan fingerprint density at radius 2 is 0.698 bits per heavy atom. The summed E-state index contributed by atoms with van der Waals surface area (Å²) < 4.78 is 10.5. The molecule has 2 aliphatic rings. The van der Waals surface area contributed by atoms with E-state index in [4.69, 9.17) is 4.74 Å². The van der Waals surface area contributed by atoms with Crippen LogP contribution in [0.5, 0.6) is 11.5 Å². The SMILES string of the molecule is c1ccc(-n2c3c(c4c2C(c2ccccc2)(c2ccccc2)c2ccccc2[Si]4(c2ccccc2)c2ccccc2)Oc2ccccc2C3(c2ccccc2)c2ccccc2)cc1. The maximum Gasteiger partial charge on any atom is 0.186 e. The van der Waals surface area contributed by atoms with Gasteiger partial charge in [0.05, 0.1) is 16.5 Å². The minimum atomic E-state index is -3.35. The maximum atomic E-state index is 7.87. The highest BCUT2D eigenvalue weighted by Crippen LogP contribution is 2.60. The molecular formula is C60H43NOSi. The third kappa shape index (κ3) is 5.12. The minimum Gasteiger partial charge on any atom is -0.455 e. The van der Waals surface area contributed by atoms with Crippen molar-refractivity contribution in [3.63, 3.8) is 0 Å². The lowest BCUT2D eigenvalue weighted by molar-refractivity contribution is 0.431. The predicted molar refractivity (Wildman–Crippen MR) is 260 cm³/mol. The molecule has 0 bridgehead atoms. The summed E-state index contributed by atoms with van der Waals surface area (Å²) in [6.45, 7) is 0. The van der Waals surface area contributed by atoms with E-state index < -0.39 is 18.9 Å². The molecule has 0 unspecified atom stereocenters. The van der Waals surface area contributed by atoms with Crippen LogP contribution < -0.4 is 25.5 Å². The van der Waals surface area contributed by atoms with E-state index in [9.17, 15) is 0 Å². The average Bonchev–Trinajstić information content (AvgIpc) is 3.72. The van der Waals surface area contributed by atoms with E-state index in [0.29, 0.717) is 0 Å². The standard InChI is InChI=1S/C60H43NOSi/c1-8-26-44(27-9-1)59(45-28-10-2-11-29-45)51-40-22-24-42-53(51)62-55-56-58(61(57(55)59)48-34-16-5-17-35-48)60(46-30-12-3-13-31-46,47-32-14-4-15-33-47)52-41-23-25-43-54(52)63(56,49-36-18-6-19-37-49)50-38-20-7-21-39-50/h1-43H. The third-order valence-corrected chi connectivity index (χ3v) is 18.6. The molecule has 0 radical (unpaired) electrons. The van der Waals surface area contributed by atoms with Gasteiger partial charge in [-0.1, -0.05) is 243 Å². The Hall–Kier alpha value is -7.72. The second kappa shape index (κ2) is 14.7. The zero-order valence-electron chi connectivity index (χ0n) is 34.7. The van der Waals surface area contributed by atoms with Crippen molar-refractivity contribution in [2.24, 2.45) is 0 Å². The molecule has 2 aliphatic heterocycles. The molecule has 10 aromatic rings. The predicted octanol–water partition coefficient (Wildman–Crippen LogP) is 11.0. The van der Waals surface area contributed by atoms with Crippen molar-refractivity contribution >= 4 is 28.8 Å². The van der Waals surface area contributed by atoms with Gasteiger partial charge in [-0.2, -0.15) is 0 Å². The van der Waals surface area contributed by atoms with Crippen LogP contribution in [0.2, 0.25) is 0 Å². The van der Waals surface area contributed by atoms with Gasteiger partial charge in [-0.3, -0.25) is 0 Å². The van der Waals surface area contributed by atoms with E-state index in [2.05, 4.69) is 265 Å². The van der Waals surface area contributed by atoms with Crippen LogP contribution in [0.25, 0.3) is 5.69 Å². The molecule has 298 valence electrons. The van der Waals surface area contributed by atoms with Gasteiger partial charge in [0.1, 0.15) is 5.75 Å². The zero-order valence-corrected chi connectivity index (χ0v) is 35.7. The molecule has 0 aliphatic carbocycles. The maximum absolute atomic E-state index is 7.87. The highest BCUT2D eigenvalue weighted by Gasteiger charge is 2.62. The first-order valence-electron chi connectivity index (χ1n) is 21.9. The van der Waals surface area contributed by atoms with E-state index in [0.717, 1.165) is 28.4 Å². The second-order valence-corrected chi connectivity index (χ2v) is 20.4.